The van der Waals surface area contributed by atoms with Crippen LogP contribution < -0.4 is 5.32 Å². The minimum absolute atomic E-state index is 0.0365. The van der Waals surface area contributed by atoms with E-state index in [-0.39, 0.29) is 12.4 Å². The molecule has 0 radical (unpaired) electrons. The summed E-state index contributed by atoms with van der Waals surface area (Å²) in [6.45, 7) is 7.45. The van der Waals surface area contributed by atoms with Crippen molar-refractivity contribution in [3.8, 4) is 0 Å². The van der Waals surface area contributed by atoms with E-state index in [0.29, 0.717) is 0 Å². The van der Waals surface area contributed by atoms with Gasteiger partial charge in [-0.15, -0.1) is 9.93 Å². The Morgan fingerprint density at radius 2 is 1.81 bits per heavy atom. The number of rotatable bonds is 8. The van der Waals surface area contributed by atoms with Crippen LogP contribution in [-0.2, 0) is 59.7 Å². The number of amides is 1. The van der Waals surface area contributed by atoms with Gasteiger partial charge in [0.1, 0.15) is 30.2 Å². The van der Waals surface area contributed by atoms with Crippen LogP contribution in [0.5, 0.6) is 0 Å². The second kappa shape index (κ2) is 12.2. The highest BCUT2D eigenvalue weighted by atomic mass is 33.1. The van der Waals surface area contributed by atoms with Crippen LogP contribution in [0.15, 0.2) is 12.2 Å². The van der Waals surface area contributed by atoms with Crippen LogP contribution in [0, 0.1) is 0 Å². The highest BCUT2D eigenvalue weighted by molar-refractivity contribution is 8.56. The molecule has 0 saturated carbocycles. The zero-order chi connectivity index (χ0) is 23.8. The molecule has 0 fully saturated rings. The number of nitrogens with one attached hydrogen (secondary N) is 1. The normalized spacial score (nSPS) is 22.6. The zero-order valence-electron chi connectivity index (χ0n) is 18.4. The summed E-state index contributed by atoms with van der Waals surface area (Å²) in [6, 6.07) is -1.05. The van der Waals surface area contributed by atoms with Crippen molar-refractivity contribution >= 4 is 45.6 Å². The van der Waals surface area contributed by atoms with Gasteiger partial charge >= 0.3 is 24.0 Å². The van der Waals surface area contributed by atoms with Gasteiger partial charge in [-0.25, -0.2) is 9.59 Å². The third-order valence-electron chi connectivity index (χ3n) is 3.65. The average Bonchev–Trinajstić information content (AvgIpc) is 2.63. The number of hydrogen-bond donors (Lipinski definition) is 1. The lowest BCUT2D eigenvalue weighted by Crippen LogP contribution is -2.50. The molecular weight excluding hydrogens is 450 g/mol. The molecule has 3 unspecified atom stereocenters. The summed E-state index contributed by atoms with van der Waals surface area (Å²) in [5.41, 5.74) is -1.39. The fourth-order valence-electron chi connectivity index (χ4n) is 2.43. The molecule has 1 N–H and O–H groups in total. The van der Waals surface area contributed by atoms with Gasteiger partial charge in [0.05, 0.1) is 7.11 Å². The van der Waals surface area contributed by atoms with E-state index >= 15 is 0 Å². The summed E-state index contributed by atoms with van der Waals surface area (Å²) in [7, 11) is 0.209. The van der Waals surface area contributed by atoms with Crippen molar-refractivity contribution in [1.29, 1.82) is 0 Å². The van der Waals surface area contributed by atoms with Crippen LogP contribution in [0.4, 0.5) is 4.79 Å². The molecule has 0 spiro atoms. The lowest BCUT2D eigenvalue weighted by Gasteiger charge is -2.33. The van der Waals surface area contributed by atoms with Crippen molar-refractivity contribution in [2.24, 2.45) is 0 Å². The minimum atomic E-state index is -1.05. The Morgan fingerprint density at radius 1 is 1.16 bits per heavy atom. The van der Waals surface area contributed by atoms with Gasteiger partial charge in [-0.05, 0) is 32.9 Å². The van der Waals surface area contributed by atoms with E-state index in [0.717, 1.165) is 0 Å². The van der Waals surface area contributed by atoms with E-state index < -0.39 is 63.2 Å². The van der Waals surface area contributed by atoms with Crippen molar-refractivity contribution in [2.45, 2.75) is 63.9 Å². The molecule has 12 heteroatoms. The summed E-state index contributed by atoms with van der Waals surface area (Å²) in [4.78, 5) is 46.7. The van der Waals surface area contributed by atoms with Gasteiger partial charge in [-0.1, -0.05) is 0 Å². The number of carbonyl (C=O) groups excluding carboxylic acids is 4. The molecule has 176 valence electrons. The van der Waals surface area contributed by atoms with Crippen LogP contribution in [0.25, 0.3) is 0 Å². The molecule has 1 rings (SSSR count). The molecule has 0 bridgehead atoms. The van der Waals surface area contributed by atoms with Crippen LogP contribution in [0.3, 0.4) is 0 Å². The van der Waals surface area contributed by atoms with E-state index in [1.807, 2.05) is 0 Å². The molecule has 5 atom stereocenters. The van der Waals surface area contributed by atoms with Crippen molar-refractivity contribution in [1.82, 2.24) is 5.32 Å². The SMILES string of the molecule is COC(=O)C(C[S+]([S-])[C@H]1C=C[C@H](OC(C)=O)C(COC(C)=O)O1)NC(=O)OC(C)(C)C. The molecule has 10 nitrogen and oxygen atoms in total. The molecule has 1 amide bonds. The van der Waals surface area contributed by atoms with E-state index in [1.165, 1.54) is 21.0 Å². The third kappa shape index (κ3) is 10.3. The second-order valence-electron chi connectivity index (χ2n) is 7.57. The van der Waals surface area contributed by atoms with Crippen molar-refractivity contribution in [3.63, 3.8) is 0 Å². The van der Waals surface area contributed by atoms with Crippen LogP contribution in [0.1, 0.15) is 34.6 Å². The Balaban J connectivity index is 2.87. The number of methoxy groups -OCH3 is 1. The number of alkyl carbamates (subject to hydrolysis) is 1. The maximum Gasteiger partial charge on any atom is 0.408 e. The highest BCUT2D eigenvalue weighted by Crippen LogP contribution is 2.22. The lowest BCUT2D eigenvalue weighted by atomic mass is 10.1. The molecular formula is C19H29NO9S2. The topological polar surface area (TPSA) is 126 Å². The number of hydrogen-bond acceptors (Lipinski definition) is 10. The minimum Gasteiger partial charge on any atom is -0.472 e. The summed E-state index contributed by atoms with van der Waals surface area (Å²) in [6.07, 6.45) is 0.922. The Hall–Kier alpha value is -1.92. The zero-order valence-corrected chi connectivity index (χ0v) is 20.0. The van der Waals surface area contributed by atoms with Gasteiger partial charge in [0.25, 0.3) is 0 Å². The van der Waals surface area contributed by atoms with Crippen LogP contribution in [0.2, 0.25) is 0 Å². The number of carbonyl (C=O) groups is 4. The standard InChI is InChI=1S/C19H29NO9S2/c1-11(21)26-9-15-14(27-12(2)22)7-8-16(28-15)31(30)10-13(17(23)25-6)20-18(24)29-19(3,4)5/h7-8,13-16H,9-10H2,1-6H3,(H,20,24)/t13?,14-,15?,16-,31?/m0/s1. The largest absolute Gasteiger partial charge is 0.472 e. The highest BCUT2D eigenvalue weighted by Gasteiger charge is 2.37. The van der Waals surface area contributed by atoms with Crippen molar-refractivity contribution in [2.75, 3.05) is 19.5 Å². The molecule has 0 aliphatic carbocycles. The average molecular weight is 480 g/mol. The van der Waals surface area contributed by atoms with Gasteiger partial charge < -0.3 is 40.7 Å². The van der Waals surface area contributed by atoms with Crippen molar-refractivity contribution in [3.05, 3.63) is 12.2 Å². The first-order valence-corrected chi connectivity index (χ1v) is 11.8. The Bertz CT molecular complexity index is 692. The first kappa shape index (κ1) is 27.1. The predicted molar refractivity (Wildman–Crippen MR) is 115 cm³/mol. The van der Waals surface area contributed by atoms with Crippen molar-refractivity contribution < 1.29 is 42.9 Å². The lowest BCUT2D eigenvalue weighted by molar-refractivity contribution is -0.160. The Morgan fingerprint density at radius 3 is 2.32 bits per heavy atom. The first-order valence-electron chi connectivity index (χ1n) is 9.41. The third-order valence-corrected chi connectivity index (χ3v) is 6.08. The molecule has 1 heterocycles. The van der Waals surface area contributed by atoms with E-state index in [4.69, 9.17) is 35.3 Å². The summed E-state index contributed by atoms with van der Waals surface area (Å²) >= 11 is 5.51. The van der Waals surface area contributed by atoms with E-state index in [1.54, 1.807) is 32.9 Å². The van der Waals surface area contributed by atoms with Gasteiger partial charge in [-0.3, -0.25) is 9.59 Å². The van der Waals surface area contributed by atoms with Crippen LogP contribution in [-0.4, -0.2) is 72.8 Å². The van der Waals surface area contributed by atoms with E-state index in [2.05, 4.69) is 5.32 Å². The molecule has 1 aliphatic heterocycles. The monoisotopic (exact) mass is 479 g/mol. The predicted octanol–water partition coefficient (Wildman–Crippen LogP) is 0.909. The maximum absolute atomic E-state index is 12.1. The smallest absolute Gasteiger partial charge is 0.408 e. The molecule has 0 aromatic carbocycles. The summed E-state index contributed by atoms with van der Waals surface area (Å²) in [5.74, 6) is -1.67. The number of ether oxygens (including phenoxy) is 5. The number of esters is 3. The van der Waals surface area contributed by atoms with E-state index in [9.17, 15) is 19.2 Å². The van der Waals surface area contributed by atoms with Gasteiger partial charge in [-0.2, -0.15) is 0 Å². The summed E-state index contributed by atoms with van der Waals surface area (Å²) in [5, 5.41) is 2.47. The molecule has 31 heavy (non-hydrogen) atoms. The van der Waals surface area contributed by atoms with Crippen LogP contribution >= 0.6 is 0 Å². The fourth-order valence-corrected chi connectivity index (χ4v) is 4.44. The van der Waals surface area contributed by atoms with Gasteiger partial charge in [0, 0.05) is 13.8 Å². The molecule has 0 saturated heterocycles. The fraction of sp³-hybridized carbons (Fsp3) is 0.684. The Labute approximate surface area is 189 Å². The Kier molecular flexibility index (Phi) is 10.7. The van der Waals surface area contributed by atoms with Gasteiger partial charge in [0.2, 0.25) is 5.44 Å². The first-order chi connectivity index (χ1) is 14.3. The quantitative estimate of drug-likeness (QED) is 0.134. The molecule has 1 aliphatic rings. The molecule has 0 aromatic rings. The maximum atomic E-state index is 12.1. The second-order valence-corrected chi connectivity index (χ2v) is 10.4. The molecule has 0 aromatic heterocycles. The van der Waals surface area contributed by atoms with Gasteiger partial charge in [0.15, 0.2) is 6.04 Å². The summed E-state index contributed by atoms with van der Waals surface area (Å²) < 4.78 is 26.0.